The number of thiazole rings is 1. The van der Waals surface area contributed by atoms with Crippen LogP contribution in [-0.4, -0.2) is 63.3 Å². The molecule has 0 unspecified atom stereocenters. The molecule has 2 aliphatic rings. The Labute approximate surface area is 247 Å². The van der Waals surface area contributed by atoms with E-state index >= 15 is 0 Å². The van der Waals surface area contributed by atoms with Gasteiger partial charge in [-0.1, -0.05) is 54.6 Å². The molecule has 0 radical (unpaired) electrons. The lowest BCUT2D eigenvalue weighted by atomic mass is 10.1. The summed E-state index contributed by atoms with van der Waals surface area (Å²) < 4.78 is 1.72. The van der Waals surface area contributed by atoms with Crippen LogP contribution in [0, 0.1) is 0 Å². The Morgan fingerprint density at radius 2 is 1.62 bits per heavy atom. The highest BCUT2D eigenvalue weighted by atomic mass is 32.1. The van der Waals surface area contributed by atoms with Gasteiger partial charge in [0, 0.05) is 62.2 Å². The lowest BCUT2D eigenvalue weighted by Crippen LogP contribution is -2.46. The summed E-state index contributed by atoms with van der Waals surface area (Å²) in [6, 6.07) is 23.4. The number of benzene rings is 3. The van der Waals surface area contributed by atoms with Gasteiger partial charge in [-0.15, -0.1) is 11.3 Å². The van der Waals surface area contributed by atoms with Crippen molar-refractivity contribution in [3.63, 3.8) is 0 Å². The van der Waals surface area contributed by atoms with Gasteiger partial charge < -0.3 is 4.90 Å². The fourth-order valence-corrected chi connectivity index (χ4v) is 6.80. The molecule has 210 valence electrons. The molecule has 7 rings (SSSR count). The second kappa shape index (κ2) is 10.7. The van der Waals surface area contributed by atoms with Gasteiger partial charge in [-0.2, -0.15) is 0 Å². The van der Waals surface area contributed by atoms with E-state index in [1.165, 1.54) is 16.2 Å². The molecule has 2 amide bonds. The van der Waals surface area contributed by atoms with Crippen LogP contribution >= 0.6 is 11.3 Å². The normalized spacial score (nSPS) is 15.5. The molecule has 8 nitrogen and oxygen atoms in total. The quantitative estimate of drug-likeness (QED) is 0.247. The smallest absolute Gasteiger partial charge is 0.264 e. The van der Waals surface area contributed by atoms with Crippen LogP contribution in [-0.2, 0) is 13.1 Å². The third kappa shape index (κ3) is 4.60. The molecule has 1 fully saturated rings. The summed E-state index contributed by atoms with van der Waals surface area (Å²) in [6.45, 7) is 5.55. The molecule has 2 aromatic heterocycles. The second-order valence-electron chi connectivity index (χ2n) is 10.7. The van der Waals surface area contributed by atoms with Crippen LogP contribution in [0.3, 0.4) is 0 Å². The Hall–Kier alpha value is -4.60. The molecule has 5 aromatic rings. The number of hydrogen-bond acceptors (Lipinski definition) is 7. The van der Waals surface area contributed by atoms with Crippen LogP contribution in [0.4, 0.5) is 5.69 Å². The third-order valence-corrected chi connectivity index (χ3v) is 8.97. The van der Waals surface area contributed by atoms with Gasteiger partial charge in [0.2, 0.25) is 5.91 Å². The first-order valence-electron chi connectivity index (χ1n) is 14.0. The first-order valence-corrected chi connectivity index (χ1v) is 14.9. The van der Waals surface area contributed by atoms with Crippen LogP contribution in [0.5, 0.6) is 0 Å². The number of amides is 2. The minimum Gasteiger partial charge on any atom is -0.368 e. The Morgan fingerprint density at radius 3 is 2.40 bits per heavy atom. The third-order valence-electron chi connectivity index (χ3n) is 8.13. The second-order valence-corrected chi connectivity index (χ2v) is 11.7. The predicted octanol–water partition coefficient (Wildman–Crippen LogP) is 5.54. The van der Waals surface area contributed by atoms with Gasteiger partial charge in [0.25, 0.3) is 11.8 Å². The van der Waals surface area contributed by atoms with E-state index in [1.54, 1.807) is 17.6 Å². The lowest BCUT2D eigenvalue weighted by Gasteiger charge is -2.36. The maximum atomic E-state index is 13.7. The van der Waals surface area contributed by atoms with Crippen molar-refractivity contribution in [2.75, 3.05) is 31.1 Å². The summed E-state index contributed by atoms with van der Waals surface area (Å²) in [5.74, 6) is -0.532. The van der Waals surface area contributed by atoms with Crippen LogP contribution < -0.4 is 4.90 Å². The Bertz CT molecular complexity index is 1840. The standard InChI is InChI=1S/C33H29N5O3S/c1-22(39)37-19-24(25-10-5-6-12-28(25)37)18-35-14-16-36(17-15-35)29-13-7-11-26-31(29)33(41)38(32(26)40)20-30-34-27(21-42-30)23-8-3-2-4-9-23/h2-13,19,21H,14-18,20H2,1H3. The van der Waals surface area contributed by atoms with Crippen molar-refractivity contribution >= 4 is 45.6 Å². The molecule has 4 heterocycles. The van der Waals surface area contributed by atoms with Crippen molar-refractivity contribution in [1.29, 1.82) is 0 Å². The summed E-state index contributed by atoms with van der Waals surface area (Å²) >= 11 is 1.46. The number of anilines is 1. The molecule has 0 saturated carbocycles. The summed E-state index contributed by atoms with van der Waals surface area (Å²) in [5.41, 5.74) is 5.66. The van der Waals surface area contributed by atoms with Gasteiger partial charge in [-0.05, 0) is 23.8 Å². The molecule has 0 atom stereocenters. The van der Waals surface area contributed by atoms with Crippen molar-refractivity contribution in [2.24, 2.45) is 0 Å². The molecule has 0 aliphatic carbocycles. The van der Waals surface area contributed by atoms with Crippen LogP contribution in [0.25, 0.3) is 22.2 Å². The SMILES string of the molecule is CC(=O)n1cc(CN2CCN(c3cccc4c3C(=O)N(Cc3nc(-c5ccccc5)cs3)C4=O)CC2)c2ccccc21. The zero-order chi connectivity index (χ0) is 28.8. The maximum Gasteiger partial charge on any atom is 0.264 e. The van der Waals surface area contributed by atoms with Gasteiger partial charge in [0.05, 0.1) is 34.6 Å². The van der Waals surface area contributed by atoms with Gasteiger partial charge in [0.15, 0.2) is 0 Å². The van der Waals surface area contributed by atoms with Crippen LogP contribution in [0.1, 0.15) is 43.0 Å². The van der Waals surface area contributed by atoms with E-state index < -0.39 is 0 Å². The number of carbonyl (C=O) groups is 3. The summed E-state index contributed by atoms with van der Waals surface area (Å²) in [6.07, 6.45) is 1.95. The molecule has 9 heteroatoms. The number of carbonyl (C=O) groups excluding carboxylic acids is 3. The average Bonchev–Trinajstić information content (AvgIpc) is 3.71. The number of fused-ring (bicyclic) bond motifs is 2. The molecule has 0 N–H and O–H groups in total. The van der Waals surface area contributed by atoms with Crippen molar-refractivity contribution in [3.8, 4) is 11.3 Å². The highest BCUT2D eigenvalue weighted by Gasteiger charge is 2.39. The van der Waals surface area contributed by atoms with E-state index in [9.17, 15) is 14.4 Å². The number of para-hydroxylation sites is 1. The summed E-state index contributed by atoms with van der Waals surface area (Å²) in [7, 11) is 0. The summed E-state index contributed by atoms with van der Waals surface area (Å²) in [4.78, 5) is 49.8. The summed E-state index contributed by atoms with van der Waals surface area (Å²) in [5, 5.41) is 3.78. The topological polar surface area (TPSA) is 78.8 Å². The molecule has 0 bridgehead atoms. The Kier molecular flexibility index (Phi) is 6.68. The van der Waals surface area contributed by atoms with Crippen molar-refractivity contribution in [3.05, 3.63) is 106 Å². The Morgan fingerprint density at radius 1 is 0.857 bits per heavy atom. The zero-order valence-corrected chi connectivity index (χ0v) is 24.0. The minimum atomic E-state index is -0.270. The number of imide groups is 1. The zero-order valence-electron chi connectivity index (χ0n) is 23.2. The van der Waals surface area contributed by atoms with Crippen molar-refractivity contribution in [1.82, 2.24) is 19.4 Å². The van der Waals surface area contributed by atoms with E-state index in [4.69, 9.17) is 4.98 Å². The van der Waals surface area contributed by atoms with Crippen LogP contribution in [0.15, 0.2) is 84.4 Å². The molecule has 1 saturated heterocycles. The number of aromatic nitrogens is 2. The number of hydrogen-bond donors (Lipinski definition) is 0. The van der Waals surface area contributed by atoms with Gasteiger partial charge >= 0.3 is 0 Å². The van der Waals surface area contributed by atoms with E-state index in [0.29, 0.717) is 11.1 Å². The molecule has 42 heavy (non-hydrogen) atoms. The monoisotopic (exact) mass is 575 g/mol. The number of piperazine rings is 1. The van der Waals surface area contributed by atoms with Gasteiger partial charge in [0.1, 0.15) is 5.01 Å². The lowest BCUT2D eigenvalue weighted by molar-refractivity contribution is 0.0642. The predicted molar refractivity (Wildman–Crippen MR) is 164 cm³/mol. The molecule has 0 spiro atoms. The average molecular weight is 576 g/mol. The first-order chi connectivity index (χ1) is 20.5. The van der Waals surface area contributed by atoms with Crippen molar-refractivity contribution in [2.45, 2.75) is 20.0 Å². The molecular formula is C33H29N5O3S. The minimum absolute atomic E-state index is 0.0000416. The molecular weight excluding hydrogens is 546 g/mol. The van der Waals surface area contributed by atoms with Gasteiger partial charge in [-0.25, -0.2) is 4.98 Å². The van der Waals surface area contributed by atoms with Gasteiger partial charge in [-0.3, -0.25) is 28.8 Å². The maximum absolute atomic E-state index is 13.7. The Balaban J connectivity index is 1.06. The van der Waals surface area contributed by atoms with E-state index in [2.05, 4.69) is 15.9 Å². The largest absolute Gasteiger partial charge is 0.368 e. The molecule has 2 aliphatic heterocycles. The van der Waals surface area contributed by atoms with E-state index in [-0.39, 0.29) is 24.3 Å². The van der Waals surface area contributed by atoms with E-state index in [0.717, 1.165) is 71.1 Å². The molecule has 3 aromatic carbocycles. The van der Waals surface area contributed by atoms with Crippen molar-refractivity contribution < 1.29 is 14.4 Å². The first kappa shape index (κ1) is 26.3. The fourth-order valence-electron chi connectivity index (χ4n) is 6.01. The number of nitrogens with zero attached hydrogens (tertiary/aromatic N) is 5. The van der Waals surface area contributed by atoms with E-state index in [1.807, 2.05) is 72.2 Å². The highest BCUT2D eigenvalue weighted by molar-refractivity contribution is 7.10. The number of rotatable bonds is 6. The highest BCUT2D eigenvalue weighted by Crippen LogP contribution is 2.34. The van der Waals surface area contributed by atoms with Crippen LogP contribution in [0.2, 0.25) is 0 Å². The fraction of sp³-hybridized carbons (Fsp3) is 0.212.